The molecule has 0 aliphatic carbocycles. The van der Waals surface area contributed by atoms with Gasteiger partial charge in [-0.3, -0.25) is 0 Å². The Bertz CT molecular complexity index is 378. The van der Waals surface area contributed by atoms with Crippen molar-refractivity contribution < 1.29 is 26.4 Å². The van der Waals surface area contributed by atoms with Crippen LogP contribution >= 0.6 is 11.8 Å². The molecule has 0 radical (unpaired) electrons. The number of nitrogens with zero attached hydrogens (tertiary/aromatic N) is 1. The van der Waals surface area contributed by atoms with Crippen LogP contribution in [-0.2, 0) is 0 Å². The molecule has 0 bridgehead atoms. The number of thioether (sulfide) groups is 1. The number of hydrogen-bond donors (Lipinski definition) is 1. The Morgan fingerprint density at radius 3 is 2.35 bits per heavy atom. The molecule has 1 aromatic heterocycles. The molecular formula is C8H9F5N2OS. The maximum absolute atomic E-state index is 13.0. The molecule has 0 fully saturated rings. The molecule has 0 aliphatic rings. The minimum atomic E-state index is -5.65. The predicted molar refractivity (Wildman–Crippen MR) is 50.9 cm³/mol. The summed E-state index contributed by atoms with van der Waals surface area (Å²) in [7, 11) is 0. The lowest BCUT2D eigenvalue weighted by molar-refractivity contribution is -0.280. The first-order valence-electron chi connectivity index (χ1n) is 4.42. The van der Waals surface area contributed by atoms with Crippen molar-refractivity contribution in [1.82, 2.24) is 4.98 Å². The number of halogens is 5. The van der Waals surface area contributed by atoms with Crippen molar-refractivity contribution in [3.63, 3.8) is 0 Å². The second-order valence-electron chi connectivity index (χ2n) is 3.22. The first-order valence-corrected chi connectivity index (χ1v) is 5.30. The number of hydrogen-bond acceptors (Lipinski definition) is 4. The number of aryl methyl sites for hydroxylation is 1. The highest BCUT2D eigenvalue weighted by molar-refractivity contribution is 7.99. The van der Waals surface area contributed by atoms with Gasteiger partial charge >= 0.3 is 12.1 Å². The minimum absolute atomic E-state index is 0.171. The second-order valence-corrected chi connectivity index (χ2v) is 4.37. The molecule has 9 heteroatoms. The van der Waals surface area contributed by atoms with Crippen LogP contribution in [-0.4, -0.2) is 28.9 Å². The van der Waals surface area contributed by atoms with Gasteiger partial charge < -0.3 is 10.2 Å². The average molecular weight is 276 g/mol. The summed E-state index contributed by atoms with van der Waals surface area (Å²) in [4.78, 5) is 3.63. The molecule has 0 spiro atoms. The van der Waals surface area contributed by atoms with Gasteiger partial charge in [-0.2, -0.15) is 22.0 Å². The molecule has 0 aromatic carbocycles. The molecule has 1 aromatic rings. The summed E-state index contributed by atoms with van der Waals surface area (Å²) >= 11 is 0.171. The van der Waals surface area contributed by atoms with Gasteiger partial charge in [0, 0.05) is 6.54 Å². The fourth-order valence-corrected chi connectivity index (χ4v) is 1.88. The molecule has 1 unspecified atom stereocenters. The zero-order valence-electron chi connectivity index (χ0n) is 8.59. The molecule has 2 N–H and O–H groups in total. The number of nitrogens with two attached hydrogens (primary N) is 1. The van der Waals surface area contributed by atoms with Crippen LogP contribution in [0.4, 0.5) is 22.0 Å². The van der Waals surface area contributed by atoms with Gasteiger partial charge in [0.1, 0.15) is 6.26 Å². The molecule has 0 saturated heterocycles. The molecule has 17 heavy (non-hydrogen) atoms. The van der Waals surface area contributed by atoms with Gasteiger partial charge in [0.15, 0.2) is 0 Å². The van der Waals surface area contributed by atoms with Gasteiger partial charge in [0.25, 0.3) is 5.22 Å². The van der Waals surface area contributed by atoms with Crippen molar-refractivity contribution in [1.29, 1.82) is 0 Å². The summed E-state index contributed by atoms with van der Waals surface area (Å²) < 4.78 is 67.0. The molecule has 3 nitrogen and oxygen atoms in total. The molecule has 0 saturated carbocycles. The highest BCUT2D eigenvalue weighted by atomic mass is 32.2. The van der Waals surface area contributed by atoms with Crippen molar-refractivity contribution in [2.45, 2.75) is 29.5 Å². The van der Waals surface area contributed by atoms with Crippen LogP contribution in [0.1, 0.15) is 5.69 Å². The highest BCUT2D eigenvalue weighted by Crippen LogP contribution is 2.44. The Morgan fingerprint density at radius 1 is 1.41 bits per heavy atom. The lowest BCUT2D eigenvalue weighted by Crippen LogP contribution is -2.48. The third-order valence-electron chi connectivity index (χ3n) is 1.84. The summed E-state index contributed by atoms with van der Waals surface area (Å²) in [6, 6.07) is 0. The van der Waals surface area contributed by atoms with E-state index in [1.807, 2.05) is 0 Å². The van der Waals surface area contributed by atoms with E-state index >= 15 is 0 Å². The third kappa shape index (κ3) is 3.09. The van der Waals surface area contributed by atoms with Crippen LogP contribution in [0.15, 0.2) is 15.9 Å². The van der Waals surface area contributed by atoms with Crippen LogP contribution in [0.25, 0.3) is 0 Å². The molecule has 98 valence electrons. The number of oxazole rings is 1. The fourth-order valence-electron chi connectivity index (χ4n) is 0.961. The first-order chi connectivity index (χ1) is 7.68. The van der Waals surface area contributed by atoms with Crippen molar-refractivity contribution in [2.75, 3.05) is 6.54 Å². The number of aromatic nitrogens is 1. The minimum Gasteiger partial charge on any atom is -0.440 e. The Kier molecular flexibility index (Phi) is 4.03. The topological polar surface area (TPSA) is 52.0 Å². The Hall–Kier alpha value is -0.830. The summed E-state index contributed by atoms with van der Waals surface area (Å²) in [6.45, 7) is 0.672. The van der Waals surface area contributed by atoms with Gasteiger partial charge in [-0.15, -0.1) is 0 Å². The van der Waals surface area contributed by atoms with E-state index in [2.05, 4.69) is 4.98 Å². The monoisotopic (exact) mass is 276 g/mol. The van der Waals surface area contributed by atoms with Crippen molar-refractivity contribution in [3.05, 3.63) is 12.0 Å². The third-order valence-corrected chi connectivity index (χ3v) is 3.00. The average Bonchev–Trinajstić information content (AvgIpc) is 2.58. The van der Waals surface area contributed by atoms with E-state index in [4.69, 9.17) is 10.2 Å². The van der Waals surface area contributed by atoms with E-state index in [1.54, 1.807) is 0 Å². The summed E-state index contributed by atoms with van der Waals surface area (Å²) in [6.07, 6.45) is -4.49. The maximum Gasteiger partial charge on any atom is 0.454 e. The SMILES string of the molecule is Cc1coc(SC(CN)C(F)(F)C(F)(F)F)n1. The van der Waals surface area contributed by atoms with E-state index in [0.717, 1.165) is 6.26 Å². The fraction of sp³-hybridized carbons (Fsp3) is 0.625. The standard InChI is InChI=1S/C8H9F5N2OS/c1-4-3-16-6(15-4)17-5(2-14)7(9,10)8(11,12)13/h3,5H,2,14H2,1H3. The number of alkyl halides is 5. The molecule has 1 heterocycles. The normalized spacial score (nSPS) is 15.0. The van der Waals surface area contributed by atoms with Crippen LogP contribution < -0.4 is 5.73 Å². The quantitative estimate of drug-likeness (QED) is 0.678. The van der Waals surface area contributed by atoms with Crippen LogP contribution in [0.3, 0.4) is 0 Å². The van der Waals surface area contributed by atoms with Gasteiger partial charge in [-0.1, -0.05) is 11.8 Å². The van der Waals surface area contributed by atoms with Crippen molar-refractivity contribution >= 4 is 11.8 Å². The van der Waals surface area contributed by atoms with Gasteiger partial charge in [-0.25, -0.2) is 4.98 Å². The number of rotatable bonds is 4. The lowest BCUT2D eigenvalue weighted by Gasteiger charge is -2.25. The second kappa shape index (κ2) is 4.81. The van der Waals surface area contributed by atoms with Crippen molar-refractivity contribution in [3.8, 4) is 0 Å². The van der Waals surface area contributed by atoms with Crippen LogP contribution in [0.2, 0.25) is 0 Å². The van der Waals surface area contributed by atoms with E-state index in [1.165, 1.54) is 6.92 Å². The zero-order valence-corrected chi connectivity index (χ0v) is 9.41. The van der Waals surface area contributed by atoms with Crippen molar-refractivity contribution in [2.24, 2.45) is 5.73 Å². The van der Waals surface area contributed by atoms with E-state index in [-0.39, 0.29) is 17.0 Å². The Morgan fingerprint density at radius 2 is 2.00 bits per heavy atom. The van der Waals surface area contributed by atoms with Crippen LogP contribution in [0, 0.1) is 6.92 Å². The maximum atomic E-state index is 13.0. The molecule has 0 aliphatic heterocycles. The largest absolute Gasteiger partial charge is 0.454 e. The molecule has 0 amide bonds. The van der Waals surface area contributed by atoms with E-state index in [0.29, 0.717) is 5.69 Å². The summed E-state index contributed by atoms with van der Waals surface area (Å²) in [5.41, 5.74) is 5.33. The summed E-state index contributed by atoms with van der Waals surface area (Å²) in [5.74, 6) is -4.89. The predicted octanol–water partition coefficient (Wildman–Crippen LogP) is 2.60. The van der Waals surface area contributed by atoms with E-state index in [9.17, 15) is 22.0 Å². The highest BCUT2D eigenvalue weighted by Gasteiger charge is 2.62. The Labute approximate surface area is 97.6 Å². The van der Waals surface area contributed by atoms with Gasteiger partial charge in [-0.05, 0) is 6.92 Å². The van der Waals surface area contributed by atoms with Crippen LogP contribution in [0.5, 0.6) is 0 Å². The molecular weight excluding hydrogens is 267 g/mol. The van der Waals surface area contributed by atoms with E-state index < -0.39 is 23.9 Å². The van der Waals surface area contributed by atoms with Gasteiger partial charge in [0.05, 0.1) is 10.9 Å². The molecule has 1 atom stereocenters. The smallest absolute Gasteiger partial charge is 0.440 e. The Balaban J connectivity index is 2.85. The molecule has 1 rings (SSSR count). The van der Waals surface area contributed by atoms with Gasteiger partial charge in [0.2, 0.25) is 0 Å². The zero-order chi connectivity index (χ0) is 13.3. The first kappa shape index (κ1) is 14.2. The lowest BCUT2D eigenvalue weighted by atomic mass is 10.2. The summed E-state index contributed by atoms with van der Waals surface area (Å²) in [5, 5.41) is -2.43.